The van der Waals surface area contributed by atoms with E-state index in [2.05, 4.69) is 5.32 Å². The number of nitrogens with zero attached hydrogens (tertiary/aromatic N) is 1. The summed E-state index contributed by atoms with van der Waals surface area (Å²) in [5, 5.41) is 12.6. The average Bonchev–Trinajstić information content (AvgIpc) is 2.83. The van der Waals surface area contributed by atoms with Gasteiger partial charge >= 0.3 is 13.9 Å². The molecule has 13 heteroatoms. The second kappa shape index (κ2) is 6.77. The summed E-state index contributed by atoms with van der Waals surface area (Å²) < 4.78 is 73.5. The van der Waals surface area contributed by atoms with Crippen molar-refractivity contribution in [2.45, 2.75) is 50.4 Å². The lowest BCUT2D eigenvalue weighted by Crippen LogP contribution is -2.56. The van der Waals surface area contributed by atoms with E-state index in [4.69, 9.17) is 18.3 Å². The zero-order valence-electron chi connectivity index (χ0n) is 13.8. The maximum Gasteiger partial charge on any atom is 0.475 e. The number of fused-ring (bicyclic) bond motifs is 1. The molecule has 3 aliphatic heterocycles. The van der Waals surface area contributed by atoms with E-state index in [0.29, 0.717) is 4.90 Å². The maximum atomic E-state index is 13.7. The maximum absolute atomic E-state index is 13.7. The minimum Gasteiger partial charge on any atom is -0.386 e. The van der Waals surface area contributed by atoms with Gasteiger partial charge in [-0.1, -0.05) is 0 Å². The summed E-state index contributed by atoms with van der Waals surface area (Å²) in [4.78, 5) is 12.5. The molecule has 2 saturated heterocycles. The van der Waals surface area contributed by atoms with Gasteiger partial charge in [0.15, 0.2) is 11.8 Å². The van der Waals surface area contributed by atoms with Gasteiger partial charge in [0.2, 0.25) is 0 Å². The van der Waals surface area contributed by atoms with Crippen LogP contribution in [0.25, 0.3) is 0 Å². The van der Waals surface area contributed by atoms with E-state index >= 15 is 0 Å². The first kappa shape index (κ1) is 19.6. The summed E-state index contributed by atoms with van der Waals surface area (Å²) in [5.41, 5.74) is -2.50. The van der Waals surface area contributed by atoms with Gasteiger partial charge in [-0.25, -0.2) is 22.5 Å². The van der Waals surface area contributed by atoms with Crippen LogP contribution in [0.15, 0.2) is 12.0 Å². The number of aliphatic hydroxyl groups excluding tert-OH is 1. The summed E-state index contributed by atoms with van der Waals surface area (Å²) in [6.45, 7) is 1.77. The standard InChI is InChI=1S/C13H18F3N2O7P/c1-6(2)24-26(21)22-5-13(11(15)16)9(25-26)8(19)10(23-13)18-4-7(14)3-17-12(18)20/h4,6,8-11,19H,3,5H2,1-2H3,(H,17,20)/t8-,9-,10+,13+,26?/m0/s1. The quantitative estimate of drug-likeness (QED) is 0.687. The van der Waals surface area contributed by atoms with Crippen LogP contribution >= 0.6 is 7.82 Å². The topological polar surface area (TPSA) is 107 Å². The number of rotatable bonds is 4. The number of phosphoric acid groups is 1. The third-order valence-corrected chi connectivity index (χ3v) is 5.63. The largest absolute Gasteiger partial charge is 0.475 e. The summed E-state index contributed by atoms with van der Waals surface area (Å²) in [6.07, 6.45) is -8.48. The van der Waals surface area contributed by atoms with Crippen LogP contribution in [0.3, 0.4) is 0 Å². The predicted octanol–water partition coefficient (Wildman–Crippen LogP) is 1.49. The highest BCUT2D eigenvalue weighted by molar-refractivity contribution is 7.48. The molecule has 26 heavy (non-hydrogen) atoms. The molecule has 148 valence electrons. The van der Waals surface area contributed by atoms with Gasteiger partial charge in [-0.2, -0.15) is 0 Å². The molecule has 0 aliphatic carbocycles. The van der Waals surface area contributed by atoms with Crippen LogP contribution in [-0.4, -0.2) is 65.8 Å². The lowest BCUT2D eigenvalue weighted by Gasteiger charge is -2.39. The number of carbonyl (C=O) groups is 1. The number of hydrogen-bond donors (Lipinski definition) is 2. The molecule has 0 aromatic rings. The Morgan fingerprint density at radius 2 is 2.19 bits per heavy atom. The first-order chi connectivity index (χ1) is 12.1. The molecule has 2 fully saturated rings. The Hall–Kier alpha value is -1.17. The van der Waals surface area contributed by atoms with Gasteiger partial charge in [-0.15, -0.1) is 0 Å². The van der Waals surface area contributed by atoms with Crippen LogP contribution in [0.4, 0.5) is 18.0 Å². The molecule has 2 amide bonds. The average molecular weight is 402 g/mol. The number of phosphoric ester groups is 1. The second-order valence-corrected chi connectivity index (χ2v) is 7.87. The molecule has 0 aromatic heterocycles. The summed E-state index contributed by atoms with van der Waals surface area (Å²) in [6, 6.07) is -0.860. The Kier molecular flexibility index (Phi) is 5.10. The molecule has 1 unspecified atom stereocenters. The number of alkyl halides is 2. The number of amides is 2. The van der Waals surface area contributed by atoms with Crippen molar-refractivity contribution in [3.63, 3.8) is 0 Å². The van der Waals surface area contributed by atoms with Crippen LogP contribution in [0.5, 0.6) is 0 Å². The van der Waals surface area contributed by atoms with Gasteiger partial charge in [0, 0.05) is 6.20 Å². The molecule has 3 rings (SSSR count). The van der Waals surface area contributed by atoms with E-state index in [0.717, 1.165) is 6.20 Å². The SMILES string of the molecule is CC(C)OP1(=O)OC[C@@]2(C(F)F)O[C@@H](N3C=C(F)CNC3=O)[C@@H](O)[C@@H]2O1. The number of halogens is 3. The predicted molar refractivity (Wildman–Crippen MR) is 78.7 cm³/mol. The Morgan fingerprint density at radius 1 is 1.50 bits per heavy atom. The van der Waals surface area contributed by atoms with Crippen LogP contribution in [0.2, 0.25) is 0 Å². The van der Waals surface area contributed by atoms with Gasteiger partial charge in [-0.3, -0.25) is 18.5 Å². The molecule has 5 atom stereocenters. The van der Waals surface area contributed by atoms with Crippen LogP contribution < -0.4 is 5.32 Å². The van der Waals surface area contributed by atoms with Crippen molar-refractivity contribution >= 4 is 13.9 Å². The van der Waals surface area contributed by atoms with Gasteiger partial charge in [0.25, 0.3) is 6.43 Å². The van der Waals surface area contributed by atoms with Crippen molar-refractivity contribution in [2.24, 2.45) is 0 Å². The highest BCUT2D eigenvalue weighted by Gasteiger charge is 2.68. The minimum absolute atomic E-state index is 0.376. The Bertz CT molecular complexity index is 664. The van der Waals surface area contributed by atoms with Crippen molar-refractivity contribution in [3.8, 4) is 0 Å². The number of hydrogen-bond acceptors (Lipinski definition) is 7. The Labute approximate surface area is 146 Å². The van der Waals surface area contributed by atoms with Gasteiger partial charge < -0.3 is 15.2 Å². The van der Waals surface area contributed by atoms with Crippen LogP contribution in [0, 0.1) is 0 Å². The third-order valence-electron chi connectivity index (χ3n) is 4.02. The molecule has 9 nitrogen and oxygen atoms in total. The van der Waals surface area contributed by atoms with Crippen LogP contribution in [-0.2, 0) is 22.9 Å². The lowest BCUT2D eigenvalue weighted by molar-refractivity contribution is -0.209. The molecule has 0 radical (unpaired) electrons. The molecule has 3 aliphatic rings. The monoisotopic (exact) mass is 402 g/mol. The fraction of sp³-hybridized carbons (Fsp3) is 0.769. The number of ether oxygens (including phenoxy) is 1. The molecule has 2 N–H and O–H groups in total. The van der Waals surface area contributed by atoms with Crippen molar-refractivity contribution in [2.75, 3.05) is 13.2 Å². The highest BCUT2D eigenvalue weighted by atomic mass is 31.2. The van der Waals surface area contributed by atoms with Gasteiger partial charge in [-0.05, 0) is 13.8 Å². The lowest BCUT2D eigenvalue weighted by atomic mass is 9.96. The van der Waals surface area contributed by atoms with Crippen molar-refractivity contribution in [1.82, 2.24) is 10.2 Å². The fourth-order valence-corrected chi connectivity index (χ4v) is 4.52. The number of carbonyl (C=O) groups excluding carboxylic acids is 1. The van der Waals surface area contributed by atoms with Gasteiger partial charge in [0.05, 0.1) is 19.3 Å². The zero-order valence-corrected chi connectivity index (χ0v) is 14.7. The van der Waals surface area contributed by atoms with Crippen LogP contribution in [0.1, 0.15) is 13.8 Å². The highest BCUT2D eigenvalue weighted by Crippen LogP contribution is 2.60. The number of nitrogens with one attached hydrogen (secondary N) is 1. The molecule has 3 heterocycles. The normalized spacial score (nSPS) is 40.6. The van der Waals surface area contributed by atoms with Crippen molar-refractivity contribution < 1.29 is 45.9 Å². The second-order valence-electron chi connectivity index (χ2n) is 6.30. The van der Waals surface area contributed by atoms with E-state index in [-0.39, 0.29) is 6.54 Å². The molecular weight excluding hydrogens is 384 g/mol. The summed E-state index contributed by atoms with van der Waals surface area (Å²) in [7, 11) is -4.24. The molecular formula is C13H18F3N2O7P. The van der Waals surface area contributed by atoms with E-state index in [1.165, 1.54) is 13.8 Å². The molecule has 0 saturated carbocycles. The fourth-order valence-electron chi connectivity index (χ4n) is 2.89. The molecule has 0 aromatic carbocycles. The van der Waals surface area contributed by atoms with E-state index in [9.17, 15) is 27.6 Å². The molecule has 0 bridgehead atoms. The first-order valence-electron chi connectivity index (χ1n) is 7.76. The zero-order chi connectivity index (χ0) is 19.3. The van der Waals surface area contributed by atoms with Crippen molar-refractivity contribution in [3.05, 3.63) is 12.0 Å². The Morgan fingerprint density at radius 3 is 2.81 bits per heavy atom. The molecule has 0 spiro atoms. The number of aliphatic hydroxyl groups is 1. The number of urea groups is 1. The van der Waals surface area contributed by atoms with E-state index < -0.39 is 62.9 Å². The van der Waals surface area contributed by atoms with E-state index in [1.54, 1.807) is 0 Å². The third kappa shape index (κ3) is 3.25. The van der Waals surface area contributed by atoms with E-state index in [1.807, 2.05) is 0 Å². The Balaban J connectivity index is 1.91. The first-order valence-corrected chi connectivity index (χ1v) is 9.22. The van der Waals surface area contributed by atoms with Gasteiger partial charge in [0.1, 0.15) is 18.0 Å². The smallest absolute Gasteiger partial charge is 0.386 e. The summed E-state index contributed by atoms with van der Waals surface area (Å²) >= 11 is 0. The summed E-state index contributed by atoms with van der Waals surface area (Å²) in [5.74, 6) is -0.771. The minimum atomic E-state index is -4.24. The van der Waals surface area contributed by atoms with Crippen molar-refractivity contribution in [1.29, 1.82) is 0 Å².